The zero-order chi connectivity index (χ0) is 12.6. The van der Waals surface area contributed by atoms with Gasteiger partial charge in [-0.1, -0.05) is 23.2 Å². The molecule has 1 aliphatic heterocycles. The van der Waals surface area contributed by atoms with Crippen LogP contribution in [0.25, 0.3) is 0 Å². The Kier molecular flexibility index (Phi) is 3.04. The summed E-state index contributed by atoms with van der Waals surface area (Å²) < 4.78 is 0. The third kappa shape index (κ3) is 2.25. The molecule has 2 rings (SSSR count). The topological polar surface area (TPSA) is 70.0 Å². The number of halogens is 2. The molecule has 1 amide bonds. The molecule has 1 aromatic rings. The van der Waals surface area contributed by atoms with E-state index in [1.807, 2.05) is 0 Å². The van der Waals surface area contributed by atoms with Gasteiger partial charge in [0.25, 0.3) is 5.91 Å². The highest BCUT2D eigenvalue weighted by atomic mass is 35.5. The smallest absolute Gasteiger partial charge is 0.352 e. The van der Waals surface area contributed by atoms with Gasteiger partial charge in [0.2, 0.25) is 0 Å². The van der Waals surface area contributed by atoms with E-state index >= 15 is 0 Å². The largest absolute Gasteiger partial charge is 0.477 e. The minimum absolute atomic E-state index is 0.193. The Bertz CT molecular complexity index is 542. The SMILES string of the molecule is O=C(O)C1=NN(c2ccc(Cl)c(Cl)c2)C(=O)C1. The summed E-state index contributed by atoms with van der Waals surface area (Å²) >= 11 is 11.5. The zero-order valence-corrected chi connectivity index (χ0v) is 9.87. The van der Waals surface area contributed by atoms with Crippen LogP contribution in [0.15, 0.2) is 23.3 Å². The molecule has 0 aromatic heterocycles. The van der Waals surface area contributed by atoms with Gasteiger partial charge in [-0.15, -0.1) is 0 Å². The molecule has 0 saturated carbocycles. The molecule has 0 unspecified atom stereocenters. The molecule has 1 heterocycles. The zero-order valence-electron chi connectivity index (χ0n) is 8.35. The van der Waals surface area contributed by atoms with E-state index in [2.05, 4.69) is 5.10 Å². The van der Waals surface area contributed by atoms with E-state index in [0.717, 1.165) is 5.01 Å². The average Bonchev–Trinajstić information content (AvgIpc) is 2.65. The van der Waals surface area contributed by atoms with E-state index in [9.17, 15) is 9.59 Å². The quantitative estimate of drug-likeness (QED) is 0.897. The fraction of sp³-hybridized carbons (Fsp3) is 0.100. The first-order valence-electron chi connectivity index (χ1n) is 4.58. The van der Waals surface area contributed by atoms with Crippen molar-refractivity contribution in [3.63, 3.8) is 0 Å². The van der Waals surface area contributed by atoms with Crippen molar-refractivity contribution in [2.24, 2.45) is 5.10 Å². The van der Waals surface area contributed by atoms with Crippen LogP contribution in [-0.2, 0) is 9.59 Å². The lowest BCUT2D eigenvalue weighted by Crippen LogP contribution is -2.19. The van der Waals surface area contributed by atoms with Crippen LogP contribution in [0.2, 0.25) is 10.0 Å². The molecule has 0 aliphatic carbocycles. The van der Waals surface area contributed by atoms with Gasteiger partial charge in [-0.2, -0.15) is 10.1 Å². The van der Waals surface area contributed by atoms with Crippen LogP contribution in [-0.4, -0.2) is 22.7 Å². The van der Waals surface area contributed by atoms with Gasteiger partial charge < -0.3 is 5.11 Å². The number of carboxylic acid groups (broad SMARTS) is 1. The summed E-state index contributed by atoms with van der Waals surface area (Å²) in [5, 5.41) is 14.1. The molecule has 0 radical (unpaired) electrons. The molecular formula is C10H6Cl2N2O3. The molecule has 17 heavy (non-hydrogen) atoms. The van der Waals surface area contributed by atoms with Crippen LogP contribution in [0.1, 0.15) is 6.42 Å². The Balaban J connectivity index is 2.37. The summed E-state index contributed by atoms with van der Waals surface area (Å²) in [7, 11) is 0. The molecule has 1 N–H and O–H groups in total. The Morgan fingerprint density at radius 2 is 2.06 bits per heavy atom. The third-order valence-corrected chi connectivity index (χ3v) is 2.91. The molecular weight excluding hydrogens is 267 g/mol. The number of benzene rings is 1. The van der Waals surface area contributed by atoms with Crippen molar-refractivity contribution in [3.05, 3.63) is 28.2 Å². The van der Waals surface area contributed by atoms with Gasteiger partial charge in [-0.25, -0.2) is 4.79 Å². The molecule has 0 bridgehead atoms. The van der Waals surface area contributed by atoms with Crippen molar-refractivity contribution in [2.45, 2.75) is 6.42 Å². The highest BCUT2D eigenvalue weighted by Gasteiger charge is 2.29. The van der Waals surface area contributed by atoms with Crippen LogP contribution in [0.4, 0.5) is 5.69 Å². The second kappa shape index (κ2) is 4.35. The number of carboxylic acids is 1. The first kappa shape index (κ1) is 11.9. The lowest BCUT2D eigenvalue weighted by Gasteiger charge is -2.11. The molecule has 1 aliphatic rings. The van der Waals surface area contributed by atoms with Gasteiger partial charge >= 0.3 is 5.97 Å². The highest BCUT2D eigenvalue weighted by molar-refractivity contribution is 6.43. The van der Waals surface area contributed by atoms with Crippen LogP contribution in [0.3, 0.4) is 0 Å². The van der Waals surface area contributed by atoms with E-state index in [-0.39, 0.29) is 17.2 Å². The second-order valence-electron chi connectivity index (χ2n) is 3.33. The van der Waals surface area contributed by atoms with E-state index < -0.39 is 11.9 Å². The van der Waals surface area contributed by atoms with Crippen molar-refractivity contribution < 1.29 is 14.7 Å². The Labute approximate surface area is 106 Å². The molecule has 0 fully saturated rings. The number of rotatable bonds is 2. The molecule has 1 aromatic carbocycles. The second-order valence-corrected chi connectivity index (χ2v) is 4.15. The number of hydrogen-bond acceptors (Lipinski definition) is 3. The standard InChI is InChI=1S/C10H6Cl2N2O3/c11-6-2-1-5(3-7(6)12)14-9(15)4-8(13-14)10(16)17/h1-3H,4H2,(H,16,17). The average molecular weight is 273 g/mol. The van der Waals surface area contributed by atoms with Gasteiger partial charge in [0, 0.05) is 0 Å². The van der Waals surface area contributed by atoms with Crippen molar-refractivity contribution in [1.82, 2.24) is 0 Å². The summed E-state index contributed by atoms with van der Waals surface area (Å²) in [6, 6.07) is 4.51. The van der Waals surface area contributed by atoms with Gasteiger partial charge in [0.05, 0.1) is 22.2 Å². The van der Waals surface area contributed by atoms with E-state index in [1.165, 1.54) is 12.1 Å². The van der Waals surface area contributed by atoms with Gasteiger partial charge in [-0.05, 0) is 18.2 Å². The van der Waals surface area contributed by atoms with Crippen LogP contribution in [0, 0.1) is 0 Å². The minimum Gasteiger partial charge on any atom is -0.477 e. The summed E-state index contributed by atoms with van der Waals surface area (Å²) in [6.07, 6.45) is -0.227. The van der Waals surface area contributed by atoms with E-state index in [1.54, 1.807) is 6.07 Å². The number of nitrogens with zero attached hydrogens (tertiary/aromatic N) is 2. The molecule has 88 valence electrons. The van der Waals surface area contributed by atoms with Gasteiger partial charge in [0.1, 0.15) is 0 Å². The Morgan fingerprint density at radius 1 is 1.35 bits per heavy atom. The number of hydrazone groups is 1. The van der Waals surface area contributed by atoms with Crippen LogP contribution >= 0.6 is 23.2 Å². The Hall–Kier alpha value is -1.59. The van der Waals surface area contributed by atoms with Crippen molar-refractivity contribution in [3.8, 4) is 0 Å². The number of hydrogen-bond donors (Lipinski definition) is 1. The van der Waals surface area contributed by atoms with Crippen molar-refractivity contribution in [2.75, 3.05) is 5.01 Å². The van der Waals surface area contributed by atoms with E-state index in [0.29, 0.717) is 10.7 Å². The maximum atomic E-state index is 11.6. The predicted molar refractivity (Wildman–Crippen MR) is 63.6 cm³/mol. The monoisotopic (exact) mass is 272 g/mol. The number of carbonyl (C=O) groups excluding carboxylic acids is 1. The van der Waals surface area contributed by atoms with Gasteiger partial charge in [0.15, 0.2) is 5.71 Å². The number of amides is 1. The van der Waals surface area contributed by atoms with Crippen LogP contribution < -0.4 is 5.01 Å². The summed E-state index contributed by atoms with van der Waals surface area (Å²) in [6.45, 7) is 0. The lowest BCUT2D eigenvalue weighted by atomic mass is 10.2. The number of anilines is 1. The summed E-state index contributed by atoms with van der Waals surface area (Å²) in [5.41, 5.74) is 0.196. The number of carbonyl (C=O) groups is 2. The number of aliphatic carboxylic acids is 1. The first-order chi connectivity index (χ1) is 7.99. The third-order valence-electron chi connectivity index (χ3n) is 2.17. The minimum atomic E-state index is -1.21. The normalized spacial score (nSPS) is 15.1. The lowest BCUT2D eigenvalue weighted by molar-refractivity contribution is -0.129. The summed E-state index contributed by atoms with van der Waals surface area (Å²) in [4.78, 5) is 22.2. The Morgan fingerprint density at radius 3 is 2.59 bits per heavy atom. The molecule has 5 nitrogen and oxygen atoms in total. The van der Waals surface area contributed by atoms with Gasteiger partial charge in [-0.3, -0.25) is 4.79 Å². The predicted octanol–water partition coefficient (Wildman–Crippen LogP) is 2.17. The fourth-order valence-electron chi connectivity index (χ4n) is 1.37. The van der Waals surface area contributed by atoms with Crippen LogP contribution in [0.5, 0.6) is 0 Å². The fourth-order valence-corrected chi connectivity index (χ4v) is 1.66. The maximum absolute atomic E-state index is 11.6. The van der Waals surface area contributed by atoms with E-state index in [4.69, 9.17) is 28.3 Å². The molecule has 0 saturated heterocycles. The molecule has 0 atom stereocenters. The first-order valence-corrected chi connectivity index (χ1v) is 5.33. The molecule has 0 spiro atoms. The van der Waals surface area contributed by atoms with Crippen molar-refractivity contribution in [1.29, 1.82) is 0 Å². The maximum Gasteiger partial charge on any atom is 0.352 e. The molecule has 7 heteroatoms. The highest BCUT2D eigenvalue weighted by Crippen LogP contribution is 2.29. The van der Waals surface area contributed by atoms with Crippen molar-refractivity contribution >= 4 is 46.5 Å². The summed E-state index contributed by atoms with van der Waals surface area (Å²) in [5.74, 6) is -1.62.